The summed E-state index contributed by atoms with van der Waals surface area (Å²) in [6, 6.07) is 2.27. The summed E-state index contributed by atoms with van der Waals surface area (Å²) in [5, 5.41) is 6.71. The van der Waals surface area contributed by atoms with E-state index in [1.807, 2.05) is 6.07 Å². The summed E-state index contributed by atoms with van der Waals surface area (Å²) in [7, 11) is 1.61. The minimum Gasteiger partial charge on any atom is -0.481 e. The predicted molar refractivity (Wildman–Crippen MR) is 58.1 cm³/mol. The van der Waals surface area contributed by atoms with Crippen molar-refractivity contribution < 1.29 is 4.74 Å². The van der Waals surface area contributed by atoms with Crippen LogP contribution in [0.15, 0.2) is 12.4 Å². The highest BCUT2D eigenvalue weighted by molar-refractivity contribution is 5.38. The zero-order chi connectivity index (χ0) is 10.5. The number of rotatable bonds is 3. The number of nitrogens with zero attached hydrogens (tertiary/aromatic N) is 2. The lowest BCUT2D eigenvalue weighted by Crippen LogP contribution is -2.38. The largest absolute Gasteiger partial charge is 0.481 e. The summed E-state index contributed by atoms with van der Waals surface area (Å²) < 4.78 is 5.04. The van der Waals surface area contributed by atoms with Crippen molar-refractivity contribution in [2.24, 2.45) is 0 Å². The Labute approximate surface area is 89.3 Å². The Balaban J connectivity index is 1.96. The molecule has 0 unspecified atom stereocenters. The molecule has 0 saturated carbocycles. The van der Waals surface area contributed by atoms with Crippen molar-refractivity contribution in [1.29, 1.82) is 0 Å². The molecule has 0 bridgehead atoms. The number of aromatic nitrogens is 2. The van der Waals surface area contributed by atoms with Gasteiger partial charge in [0, 0.05) is 18.7 Å². The average Bonchev–Trinajstić information content (AvgIpc) is 2.31. The fourth-order valence-corrected chi connectivity index (χ4v) is 1.71. The number of ether oxygens (including phenoxy) is 1. The smallest absolute Gasteiger partial charge is 0.218 e. The highest BCUT2D eigenvalue weighted by atomic mass is 16.5. The van der Waals surface area contributed by atoms with Crippen LogP contribution in [0.2, 0.25) is 0 Å². The molecule has 2 N–H and O–H groups in total. The molecule has 0 amide bonds. The minimum absolute atomic E-state index is 0.457. The first-order chi connectivity index (χ1) is 7.38. The van der Waals surface area contributed by atoms with Crippen molar-refractivity contribution in [3.63, 3.8) is 0 Å². The summed E-state index contributed by atoms with van der Waals surface area (Å²) in [6.45, 7) is 2.11. The van der Waals surface area contributed by atoms with E-state index in [0.717, 1.165) is 18.9 Å². The van der Waals surface area contributed by atoms with Crippen LogP contribution in [0.1, 0.15) is 12.8 Å². The molecule has 82 valence electrons. The molecular weight excluding hydrogens is 192 g/mol. The third kappa shape index (κ3) is 2.79. The van der Waals surface area contributed by atoms with Gasteiger partial charge in [-0.15, -0.1) is 0 Å². The topological polar surface area (TPSA) is 59.1 Å². The van der Waals surface area contributed by atoms with E-state index < -0.39 is 0 Å². The lowest BCUT2D eigenvalue weighted by atomic mass is 10.1. The molecule has 2 rings (SSSR count). The molecule has 1 atom stereocenters. The molecule has 2 heterocycles. The molecule has 0 aromatic carbocycles. The summed E-state index contributed by atoms with van der Waals surface area (Å²) in [5.41, 5.74) is 0. The summed E-state index contributed by atoms with van der Waals surface area (Å²) >= 11 is 0. The second kappa shape index (κ2) is 4.93. The second-order valence-electron chi connectivity index (χ2n) is 3.63. The number of hydrogen-bond acceptors (Lipinski definition) is 5. The Morgan fingerprint density at radius 2 is 2.47 bits per heavy atom. The van der Waals surface area contributed by atoms with E-state index in [2.05, 4.69) is 20.6 Å². The number of anilines is 1. The van der Waals surface area contributed by atoms with Gasteiger partial charge in [0.05, 0.1) is 7.11 Å². The van der Waals surface area contributed by atoms with Crippen LogP contribution >= 0.6 is 0 Å². The molecule has 1 aromatic heterocycles. The van der Waals surface area contributed by atoms with E-state index in [0.29, 0.717) is 11.9 Å². The van der Waals surface area contributed by atoms with Crippen LogP contribution in [-0.2, 0) is 0 Å². The highest BCUT2D eigenvalue weighted by Gasteiger charge is 2.12. The lowest BCUT2D eigenvalue weighted by Gasteiger charge is -2.24. The summed E-state index contributed by atoms with van der Waals surface area (Å²) in [6.07, 6.45) is 3.90. The average molecular weight is 208 g/mol. The molecule has 0 spiro atoms. The zero-order valence-electron chi connectivity index (χ0n) is 8.86. The van der Waals surface area contributed by atoms with Gasteiger partial charge in [0.15, 0.2) is 0 Å². The maximum atomic E-state index is 5.04. The van der Waals surface area contributed by atoms with E-state index in [4.69, 9.17) is 4.74 Å². The Morgan fingerprint density at radius 3 is 3.20 bits per heavy atom. The van der Waals surface area contributed by atoms with Crippen LogP contribution in [0.4, 0.5) is 5.82 Å². The van der Waals surface area contributed by atoms with Crippen LogP contribution in [0.3, 0.4) is 0 Å². The van der Waals surface area contributed by atoms with Gasteiger partial charge < -0.3 is 15.4 Å². The zero-order valence-corrected chi connectivity index (χ0v) is 8.86. The molecule has 1 fully saturated rings. The van der Waals surface area contributed by atoms with Crippen LogP contribution in [-0.4, -0.2) is 36.2 Å². The van der Waals surface area contributed by atoms with Crippen molar-refractivity contribution in [2.45, 2.75) is 18.9 Å². The van der Waals surface area contributed by atoms with Crippen molar-refractivity contribution in [3.8, 4) is 5.88 Å². The molecule has 0 aliphatic carbocycles. The van der Waals surface area contributed by atoms with E-state index >= 15 is 0 Å². The fourth-order valence-electron chi connectivity index (χ4n) is 1.71. The Hall–Kier alpha value is -1.36. The van der Waals surface area contributed by atoms with E-state index in [9.17, 15) is 0 Å². The third-order valence-corrected chi connectivity index (χ3v) is 2.50. The van der Waals surface area contributed by atoms with Crippen molar-refractivity contribution in [3.05, 3.63) is 12.4 Å². The Kier molecular flexibility index (Phi) is 3.34. The maximum absolute atomic E-state index is 5.04. The highest BCUT2D eigenvalue weighted by Crippen LogP contribution is 2.13. The van der Waals surface area contributed by atoms with Crippen LogP contribution < -0.4 is 15.4 Å². The Bertz CT molecular complexity index is 312. The first-order valence-corrected chi connectivity index (χ1v) is 5.22. The van der Waals surface area contributed by atoms with Gasteiger partial charge in [0.2, 0.25) is 5.88 Å². The van der Waals surface area contributed by atoms with Gasteiger partial charge in [-0.25, -0.2) is 9.97 Å². The predicted octanol–water partition coefficient (Wildman–Crippen LogP) is 0.649. The molecule has 5 heteroatoms. The quantitative estimate of drug-likeness (QED) is 0.763. The number of piperidine rings is 1. The molecule has 5 nitrogen and oxygen atoms in total. The van der Waals surface area contributed by atoms with Crippen molar-refractivity contribution in [1.82, 2.24) is 15.3 Å². The van der Waals surface area contributed by atoms with Gasteiger partial charge in [-0.1, -0.05) is 0 Å². The standard InChI is InChI=1S/C10H16N4O/c1-15-10-5-9(12-7-13-10)14-8-3-2-4-11-6-8/h5,7-8,11H,2-4,6H2,1H3,(H,12,13,14)/t8-/m0/s1. The molecule has 15 heavy (non-hydrogen) atoms. The van der Waals surface area contributed by atoms with Gasteiger partial charge in [0.1, 0.15) is 12.1 Å². The lowest BCUT2D eigenvalue weighted by molar-refractivity contribution is 0.397. The second-order valence-corrected chi connectivity index (χ2v) is 3.63. The minimum atomic E-state index is 0.457. The van der Waals surface area contributed by atoms with Crippen molar-refractivity contribution >= 4 is 5.82 Å². The number of hydrogen-bond donors (Lipinski definition) is 2. The van der Waals surface area contributed by atoms with Crippen molar-refractivity contribution in [2.75, 3.05) is 25.5 Å². The summed E-state index contributed by atoms with van der Waals surface area (Å²) in [4.78, 5) is 8.11. The van der Waals surface area contributed by atoms with Crippen LogP contribution in [0.25, 0.3) is 0 Å². The monoisotopic (exact) mass is 208 g/mol. The van der Waals surface area contributed by atoms with E-state index in [-0.39, 0.29) is 0 Å². The molecule has 1 aromatic rings. The molecule has 1 aliphatic heterocycles. The van der Waals surface area contributed by atoms with Gasteiger partial charge in [0.25, 0.3) is 0 Å². The van der Waals surface area contributed by atoms with Gasteiger partial charge in [-0.3, -0.25) is 0 Å². The van der Waals surface area contributed by atoms with E-state index in [1.54, 1.807) is 7.11 Å². The SMILES string of the molecule is COc1cc(N[C@H]2CCCNC2)ncn1. The fraction of sp³-hybridized carbons (Fsp3) is 0.600. The van der Waals surface area contributed by atoms with Crippen LogP contribution in [0.5, 0.6) is 5.88 Å². The first kappa shape index (κ1) is 10.2. The Morgan fingerprint density at radius 1 is 1.53 bits per heavy atom. The first-order valence-electron chi connectivity index (χ1n) is 5.22. The normalized spacial score (nSPS) is 21.0. The summed E-state index contributed by atoms with van der Waals surface area (Å²) in [5.74, 6) is 1.42. The molecule has 0 radical (unpaired) electrons. The van der Waals surface area contributed by atoms with Gasteiger partial charge in [-0.2, -0.15) is 0 Å². The number of methoxy groups -OCH3 is 1. The maximum Gasteiger partial charge on any atom is 0.218 e. The van der Waals surface area contributed by atoms with Crippen LogP contribution in [0, 0.1) is 0 Å². The molecule has 1 saturated heterocycles. The third-order valence-electron chi connectivity index (χ3n) is 2.50. The molecule has 1 aliphatic rings. The molecular formula is C10H16N4O. The number of nitrogens with one attached hydrogen (secondary N) is 2. The van der Waals surface area contributed by atoms with Gasteiger partial charge >= 0.3 is 0 Å². The van der Waals surface area contributed by atoms with E-state index in [1.165, 1.54) is 19.2 Å². The van der Waals surface area contributed by atoms with Gasteiger partial charge in [-0.05, 0) is 19.4 Å².